The second-order valence-electron chi connectivity index (χ2n) is 5.85. The first kappa shape index (κ1) is 14.9. The van der Waals surface area contributed by atoms with Crippen LogP contribution in [0.4, 0.5) is 0 Å². The van der Waals surface area contributed by atoms with Crippen LogP contribution in [0.25, 0.3) is 0 Å². The maximum atomic E-state index is 5.82. The Hall–Kier alpha value is -0.120. The van der Waals surface area contributed by atoms with Gasteiger partial charge in [0.05, 0.1) is 0 Å². The quantitative estimate of drug-likeness (QED) is 0.742. The van der Waals surface area contributed by atoms with Gasteiger partial charge in [-0.1, -0.05) is 13.8 Å². The normalized spacial score (nSPS) is 20.1. The summed E-state index contributed by atoms with van der Waals surface area (Å²) in [7, 11) is 2.23. The fraction of sp³-hybridized carbons (Fsp3) is 1.00. The van der Waals surface area contributed by atoms with Gasteiger partial charge in [-0.2, -0.15) is 0 Å². The average Bonchev–Trinajstić information content (AvgIpc) is 2.34. The Labute approximate surface area is 107 Å². The molecular formula is C14H30N2O. The zero-order chi connectivity index (χ0) is 12.7. The van der Waals surface area contributed by atoms with Crippen LogP contribution in [0.1, 0.15) is 33.1 Å². The second kappa shape index (κ2) is 8.06. The van der Waals surface area contributed by atoms with Crippen molar-refractivity contribution in [3.8, 4) is 0 Å². The summed E-state index contributed by atoms with van der Waals surface area (Å²) < 4.78 is 5.39. The summed E-state index contributed by atoms with van der Waals surface area (Å²) in [6.07, 6.45) is 3.81. The first-order valence-corrected chi connectivity index (χ1v) is 7.09. The molecule has 3 nitrogen and oxygen atoms in total. The van der Waals surface area contributed by atoms with Crippen LogP contribution in [0.5, 0.6) is 0 Å². The maximum absolute atomic E-state index is 5.82. The molecule has 17 heavy (non-hydrogen) atoms. The summed E-state index contributed by atoms with van der Waals surface area (Å²) in [4.78, 5) is 2.45. The molecule has 0 amide bonds. The molecule has 1 unspecified atom stereocenters. The van der Waals surface area contributed by atoms with Gasteiger partial charge in [-0.15, -0.1) is 0 Å². The Morgan fingerprint density at radius 1 is 1.29 bits per heavy atom. The number of hydrogen-bond acceptors (Lipinski definition) is 3. The summed E-state index contributed by atoms with van der Waals surface area (Å²) in [6, 6.07) is 0. The monoisotopic (exact) mass is 242 g/mol. The molecule has 0 aromatic heterocycles. The summed E-state index contributed by atoms with van der Waals surface area (Å²) >= 11 is 0. The molecule has 1 atom stereocenters. The van der Waals surface area contributed by atoms with Crippen molar-refractivity contribution in [2.75, 3.05) is 39.9 Å². The van der Waals surface area contributed by atoms with Crippen LogP contribution in [0.3, 0.4) is 0 Å². The minimum Gasteiger partial charge on any atom is -0.381 e. The van der Waals surface area contributed by atoms with Gasteiger partial charge in [0.1, 0.15) is 0 Å². The highest BCUT2D eigenvalue weighted by atomic mass is 16.5. The molecule has 0 aromatic carbocycles. The predicted octanol–water partition coefficient (Wildman–Crippen LogP) is 1.97. The molecule has 102 valence electrons. The zero-order valence-electron chi connectivity index (χ0n) is 11.8. The molecule has 1 fully saturated rings. The summed E-state index contributed by atoms with van der Waals surface area (Å²) in [6.45, 7) is 9.61. The lowest BCUT2D eigenvalue weighted by molar-refractivity contribution is 0.0602. The van der Waals surface area contributed by atoms with Crippen LogP contribution in [0.15, 0.2) is 0 Å². The highest BCUT2D eigenvalue weighted by Gasteiger charge is 2.17. The van der Waals surface area contributed by atoms with Gasteiger partial charge in [0.2, 0.25) is 0 Å². The summed E-state index contributed by atoms with van der Waals surface area (Å²) in [5.74, 6) is 2.20. The van der Waals surface area contributed by atoms with Crippen molar-refractivity contribution in [2.24, 2.45) is 23.5 Å². The van der Waals surface area contributed by atoms with E-state index < -0.39 is 0 Å². The smallest absolute Gasteiger partial charge is 0.0468 e. The van der Waals surface area contributed by atoms with E-state index in [0.717, 1.165) is 32.2 Å². The van der Waals surface area contributed by atoms with Crippen LogP contribution >= 0.6 is 0 Å². The van der Waals surface area contributed by atoms with E-state index >= 15 is 0 Å². The molecule has 1 rings (SSSR count). The Bertz CT molecular complexity index is 191. The second-order valence-corrected chi connectivity index (χ2v) is 5.85. The molecular weight excluding hydrogens is 212 g/mol. The van der Waals surface area contributed by atoms with Crippen molar-refractivity contribution >= 4 is 0 Å². The third kappa shape index (κ3) is 5.84. The van der Waals surface area contributed by atoms with E-state index in [2.05, 4.69) is 25.8 Å². The molecule has 0 spiro atoms. The van der Waals surface area contributed by atoms with E-state index in [0.29, 0.717) is 11.8 Å². The van der Waals surface area contributed by atoms with Gasteiger partial charge in [-0.25, -0.2) is 0 Å². The topological polar surface area (TPSA) is 38.5 Å². The van der Waals surface area contributed by atoms with Gasteiger partial charge in [0.15, 0.2) is 0 Å². The van der Waals surface area contributed by atoms with E-state index in [1.165, 1.54) is 25.8 Å². The predicted molar refractivity (Wildman–Crippen MR) is 73.0 cm³/mol. The van der Waals surface area contributed by atoms with E-state index in [-0.39, 0.29) is 0 Å². The Morgan fingerprint density at radius 3 is 2.47 bits per heavy atom. The van der Waals surface area contributed by atoms with E-state index in [1.54, 1.807) is 0 Å². The van der Waals surface area contributed by atoms with E-state index in [9.17, 15) is 0 Å². The van der Waals surface area contributed by atoms with Crippen LogP contribution in [0.2, 0.25) is 0 Å². The summed E-state index contributed by atoms with van der Waals surface area (Å²) in [5.41, 5.74) is 5.82. The lowest BCUT2D eigenvalue weighted by Gasteiger charge is -2.28. The first-order valence-electron chi connectivity index (χ1n) is 7.09. The van der Waals surface area contributed by atoms with Crippen molar-refractivity contribution in [3.63, 3.8) is 0 Å². The standard InChI is InChI=1S/C14H30N2O/c1-12(2)14(10-15)11-16(3)7-4-13-5-8-17-9-6-13/h12-14H,4-11,15H2,1-3H3. The molecule has 3 heteroatoms. The minimum atomic E-state index is 0.634. The molecule has 1 saturated heterocycles. The van der Waals surface area contributed by atoms with Crippen molar-refractivity contribution in [1.82, 2.24) is 4.90 Å². The first-order chi connectivity index (χ1) is 8.13. The van der Waals surface area contributed by atoms with Gasteiger partial charge in [0, 0.05) is 19.8 Å². The van der Waals surface area contributed by atoms with E-state index in [1.807, 2.05) is 0 Å². The number of hydrogen-bond donors (Lipinski definition) is 1. The average molecular weight is 242 g/mol. The third-order valence-corrected chi connectivity index (χ3v) is 4.05. The number of nitrogens with zero attached hydrogens (tertiary/aromatic N) is 1. The van der Waals surface area contributed by atoms with Gasteiger partial charge >= 0.3 is 0 Å². The third-order valence-electron chi connectivity index (χ3n) is 4.05. The summed E-state index contributed by atoms with van der Waals surface area (Å²) in [5, 5.41) is 0. The fourth-order valence-corrected chi connectivity index (χ4v) is 2.49. The van der Waals surface area contributed by atoms with Gasteiger partial charge < -0.3 is 15.4 Å². The largest absolute Gasteiger partial charge is 0.381 e. The molecule has 0 aliphatic carbocycles. The highest BCUT2D eigenvalue weighted by Crippen LogP contribution is 2.19. The van der Waals surface area contributed by atoms with Gasteiger partial charge in [-0.3, -0.25) is 0 Å². The Kier molecular flexibility index (Phi) is 7.09. The highest BCUT2D eigenvalue weighted by molar-refractivity contribution is 4.70. The molecule has 1 aliphatic rings. The van der Waals surface area contributed by atoms with Crippen molar-refractivity contribution in [1.29, 1.82) is 0 Å². The lowest BCUT2D eigenvalue weighted by atomic mass is 9.94. The Balaban J connectivity index is 2.17. The van der Waals surface area contributed by atoms with Crippen molar-refractivity contribution < 1.29 is 4.74 Å². The maximum Gasteiger partial charge on any atom is 0.0468 e. The molecule has 0 aromatic rings. The molecule has 1 heterocycles. The van der Waals surface area contributed by atoms with Crippen molar-refractivity contribution in [2.45, 2.75) is 33.1 Å². The Morgan fingerprint density at radius 2 is 1.94 bits per heavy atom. The van der Waals surface area contributed by atoms with Gasteiger partial charge in [-0.05, 0) is 57.2 Å². The van der Waals surface area contributed by atoms with Crippen LogP contribution in [-0.4, -0.2) is 44.8 Å². The number of nitrogens with two attached hydrogens (primary N) is 1. The van der Waals surface area contributed by atoms with Crippen molar-refractivity contribution in [3.05, 3.63) is 0 Å². The zero-order valence-corrected chi connectivity index (χ0v) is 11.8. The number of ether oxygens (including phenoxy) is 1. The van der Waals surface area contributed by atoms with Gasteiger partial charge in [0.25, 0.3) is 0 Å². The van der Waals surface area contributed by atoms with Crippen LogP contribution < -0.4 is 5.73 Å². The fourth-order valence-electron chi connectivity index (χ4n) is 2.49. The molecule has 2 N–H and O–H groups in total. The molecule has 0 radical (unpaired) electrons. The number of rotatable bonds is 7. The van der Waals surface area contributed by atoms with E-state index in [4.69, 9.17) is 10.5 Å². The SMILES string of the molecule is CC(C)C(CN)CN(C)CCC1CCOCC1. The molecule has 1 aliphatic heterocycles. The lowest BCUT2D eigenvalue weighted by Crippen LogP contribution is -2.34. The molecule has 0 bridgehead atoms. The van der Waals surface area contributed by atoms with Crippen LogP contribution in [0, 0.1) is 17.8 Å². The molecule has 0 saturated carbocycles. The van der Waals surface area contributed by atoms with Crippen LogP contribution in [-0.2, 0) is 4.74 Å². The minimum absolute atomic E-state index is 0.634.